The van der Waals surface area contributed by atoms with Crippen LogP contribution in [0.1, 0.15) is 15.9 Å². The third-order valence-electron chi connectivity index (χ3n) is 4.45. The molecule has 7 heteroatoms. The Bertz CT molecular complexity index is 871. The summed E-state index contributed by atoms with van der Waals surface area (Å²) in [5, 5.41) is 19.2. The number of hydrogen-bond donors (Lipinski definition) is 1. The first-order chi connectivity index (χ1) is 12.5. The summed E-state index contributed by atoms with van der Waals surface area (Å²) in [6.07, 6.45) is 0. The molecular weight excluding hydrogens is 337 g/mol. The van der Waals surface area contributed by atoms with Crippen LogP contribution in [0, 0.1) is 17.1 Å². The number of nitriles is 1. The Morgan fingerprint density at radius 3 is 2.58 bits per heavy atom. The molecule has 1 fully saturated rings. The minimum absolute atomic E-state index is 0.0140. The molecule has 0 saturated carbocycles. The Kier molecular flexibility index (Phi) is 4.94. The number of rotatable bonds is 3. The van der Waals surface area contributed by atoms with E-state index in [1.807, 2.05) is 11.0 Å². The summed E-state index contributed by atoms with van der Waals surface area (Å²) in [6.45, 7) is 1.76. The maximum atomic E-state index is 13.8. The summed E-state index contributed by atoms with van der Waals surface area (Å²) in [7, 11) is 1.48. The van der Waals surface area contributed by atoms with Crippen molar-refractivity contribution in [2.75, 3.05) is 38.2 Å². The molecule has 3 rings (SSSR count). The van der Waals surface area contributed by atoms with Crippen LogP contribution in [0.4, 0.5) is 10.1 Å². The van der Waals surface area contributed by atoms with E-state index < -0.39 is 5.82 Å². The van der Waals surface area contributed by atoms with Crippen LogP contribution in [0.25, 0.3) is 0 Å². The number of hydrogen-bond acceptors (Lipinski definition) is 5. The maximum Gasteiger partial charge on any atom is 0.257 e. The van der Waals surface area contributed by atoms with Crippen LogP contribution in [-0.4, -0.2) is 49.2 Å². The highest BCUT2D eigenvalue weighted by molar-refractivity contribution is 5.97. The van der Waals surface area contributed by atoms with Gasteiger partial charge in [-0.1, -0.05) is 6.07 Å². The van der Waals surface area contributed by atoms with Gasteiger partial charge >= 0.3 is 0 Å². The minimum Gasteiger partial charge on any atom is -0.507 e. The molecule has 2 aromatic rings. The molecule has 1 heterocycles. The van der Waals surface area contributed by atoms with Crippen molar-refractivity contribution in [1.82, 2.24) is 4.90 Å². The standard InChI is InChI=1S/C19H18FN3O3/c1-26-13-5-6-14(18(24)11-13)19(25)23-9-7-22(8-10-23)17-4-2-3-16(20)15(17)12-21/h2-6,11,24H,7-10H2,1H3. The lowest BCUT2D eigenvalue weighted by Gasteiger charge is -2.36. The van der Waals surface area contributed by atoms with E-state index in [1.54, 1.807) is 23.1 Å². The fourth-order valence-electron chi connectivity index (χ4n) is 3.03. The summed E-state index contributed by atoms with van der Waals surface area (Å²) >= 11 is 0. The normalized spacial score (nSPS) is 14.0. The largest absolute Gasteiger partial charge is 0.507 e. The molecular formula is C19H18FN3O3. The molecule has 1 aliphatic rings. The number of phenolic OH excluding ortho intramolecular Hbond substituents is 1. The molecule has 6 nitrogen and oxygen atoms in total. The molecule has 1 amide bonds. The Hall–Kier alpha value is -3.27. The van der Waals surface area contributed by atoms with Gasteiger partial charge in [0.05, 0.1) is 18.4 Å². The van der Waals surface area contributed by atoms with Crippen molar-refractivity contribution < 1.29 is 19.0 Å². The second-order valence-electron chi connectivity index (χ2n) is 5.91. The molecule has 1 saturated heterocycles. The molecule has 1 aliphatic heterocycles. The van der Waals surface area contributed by atoms with Crippen molar-refractivity contribution in [3.05, 3.63) is 53.3 Å². The van der Waals surface area contributed by atoms with Crippen LogP contribution >= 0.6 is 0 Å². The smallest absolute Gasteiger partial charge is 0.257 e. The number of nitrogens with zero attached hydrogens (tertiary/aromatic N) is 3. The number of phenols is 1. The SMILES string of the molecule is COc1ccc(C(=O)N2CCN(c3cccc(F)c3C#N)CC2)c(O)c1. The van der Waals surface area contributed by atoms with Crippen LogP contribution < -0.4 is 9.64 Å². The third-order valence-corrected chi connectivity index (χ3v) is 4.45. The van der Waals surface area contributed by atoms with Crippen molar-refractivity contribution in [1.29, 1.82) is 5.26 Å². The lowest BCUT2D eigenvalue weighted by molar-refractivity contribution is 0.0743. The molecule has 0 aliphatic carbocycles. The van der Waals surface area contributed by atoms with Crippen LogP contribution in [-0.2, 0) is 0 Å². The first-order valence-corrected chi connectivity index (χ1v) is 8.15. The Labute approximate surface area is 150 Å². The monoisotopic (exact) mass is 355 g/mol. The first-order valence-electron chi connectivity index (χ1n) is 8.15. The maximum absolute atomic E-state index is 13.8. The van der Waals surface area contributed by atoms with E-state index in [4.69, 9.17) is 4.74 Å². The molecule has 134 valence electrons. The van der Waals surface area contributed by atoms with Crippen molar-refractivity contribution in [2.24, 2.45) is 0 Å². The van der Waals surface area contributed by atoms with Crippen molar-refractivity contribution in [3.8, 4) is 17.6 Å². The van der Waals surface area contributed by atoms with Gasteiger partial charge in [-0.15, -0.1) is 0 Å². The van der Waals surface area contributed by atoms with Gasteiger partial charge in [-0.2, -0.15) is 5.26 Å². The number of ether oxygens (including phenoxy) is 1. The van der Waals surface area contributed by atoms with Crippen molar-refractivity contribution in [3.63, 3.8) is 0 Å². The summed E-state index contributed by atoms with van der Waals surface area (Å²) in [4.78, 5) is 16.2. The van der Waals surface area contributed by atoms with Gasteiger partial charge < -0.3 is 19.6 Å². The van der Waals surface area contributed by atoms with E-state index in [0.717, 1.165) is 0 Å². The number of amides is 1. The van der Waals surface area contributed by atoms with E-state index in [1.165, 1.54) is 25.3 Å². The Balaban J connectivity index is 1.72. The molecule has 0 radical (unpaired) electrons. The second kappa shape index (κ2) is 7.31. The van der Waals surface area contributed by atoms with E-state index in [-0.39, 0.29) is 22.8 Å². The zero-order valence-corrected chi connectivity index (χ0v) is 14.3. The third kappa shape index (κ3) is 3.26. The van der Waals surface area contributed by atoms with Crippen molar-refractivity contribution >= 4 is 11.6 Å². The van der Waals surface area contributed by atoms with Gasteiger partial charge in [-0.05, 0) is 24.3 Å². The molecule has 0 unspecified atom stereocenters. The van der Waals surface area contributed by atoms with E-state index >= 15 is 0 Å². The summed E-state index contributed by atoms with van der Waals surface area (Å²) < 4.78 is 18.8. The summed E-state index contributed by atoms with van der Waals surface area (Å²) in [5.74, 6) is -0.483. The molecule has 0 aromatic heterocycles. The summed E-state index contributed by atoms with van der Waals surface area (Å²) in [6, 6.07) is 11.0. The van der Waals surface area contributed by atoms with E-state index in [9.17, 15) is 19.6 Å². The van der Waals surface area contributed by atoms with Crippen LogP contribution in [0.2, 0.25) is 0 Å². The minimum atomic E-state index is -0.549. The number of halogens is 1. The molecule has 0 spiro atoms. The first kappa shape index (κ1) is 17.5. The van der Waals surface area contributed by atoms with Gasteiger partial charge in [0.2, 0.25) is 0 Å². The molecule has 1 N–H and O–H groups in total. The van der Waals surface area contributed by atoms with Gasteiger partial charge in [0, 0.05) is 32.2 Å². The topological polar surface area (TPSA) is 76.8 Å². The molecule has 0 atom stereocenters. The highest BCUT2D eigenvalue weighted by atomic mass is 19.1. The fraction of sp³-hybridized carbons (Fsp3) is 0.263. The number of carbonyl (C=O) groups excluding carboxylic acids is 1. The lowest BCUT2D eigenvalue weighted by Crippen LogP contribution is -2.49. The van der Waals surface area contributed by atoms with Gasteiger partial charge in [-0.25, -0.2) is 4.39 Å². The fourth-order valence-corrected chi connectivity index (χ4v) is 3.03. The van der Waals surface area contributed by atoms with Gasteiger partial charge in [0.1, 0.15) is 28.9 Å². The second-order valence-corrected chi connectivity index (χ2v) is 5.91. The average Bonchev–Trinajstić information content (AvgIpc) is 2.67. The zero-order chi connectivity index (χ0) is 18.7. The Morgan fingerprint density at radius 2 is 1.96 bits per heavy atom. The lowest BCUT2D eigenvalue weighted by atomic mass is 10.1. The highest BCUT2D eigenvalue weighted by Gasteiger charge is 2.25. The number of piperazine rings is 1. The Morgan fingerprint density at radius 1 is 1.23 bits per heavy atom. The van der Waals surface area contributed by atoms with Crippen LogP contribution in [0.15, 0.2) is 36.4 Å². The number of anilines is 1. The average molecular weight is 355 g/mol. The zero-order valence-electron chi connectivity index (χ0n) is 14.3. The number of benzene rings is 2. The molecule has 2 aromatic carbocycles. The van der Waals surface area contributed by atoms with Gasteiger partial charge in [0.15, 0.2) is 0 Å². The summed E-state index contributed by atoms with van der Waals surface area (Å²) in [5.41, 5.74) is 0.759. The van der Waals surface area contributed by atoms with Crippen LogP contribution in [0.3, 0.4) is 0 Å². The van der Waals surface area contributed by atoms with Crippen LogP contribution in [0.5, 0.6) is 11.5 Å². The number of carbonyl (C=O) groups is 1. The molecule has 0 bridgehead atoms. The highest BCUT2D eigenvalue weighted by Crippen LogP contribution is 2.27. The quantitative estimate of drug-likeness (QED) is 0.915. The predicted octanol–water partition coefficient (Wildman–Crippen LogP) is 2.37. The van der Waals surface area contributed by atoms with Crippen molar-refractivity contribution in [2.45, 2.75) is 0 Å². The molecule has 26 heavy (non-hydrogen) atoms. The van der Waals surface area contributed by atoms with E-state index in [2.05, 4.69) is 0 Å². The van der Waals surface area contributed by atoms with E-state index in [0.29, 0.717) is 37.6 Å². The van der Waals surface area contributed by atoms with Gasteiger partial charge in [0.25, 0.3) is 5.91 Å². The number of aromatic hydroxyl groups is 1. The number of methoxy groups -OCH3 is 1. The predicted molar refractivity (Wildman–Crippen MR) is 93.9 cm³/mol. The van der Waals surface area contributed by atoms with Gasteiger partial charge in [-0.3, -0.25) is 4.79 Å².